The number of carbonyl (C=O) groups excluding carboxylic acids is 1. The summed E-state index contributed by atoms with van der Waals surface area (Å²) < 4.78 is 0. The summed E-state index contributed by atoms with van der Waals surface area (Å²) in [6.45, 7) is 4.21. The van der Waals surface area contributed by atoms with Gasteiger partial charge in [0, 0.05) is 11.4 Å². The Morgan fingerprint density at radius 2 is 2.00 bits per heavy atom. The van der Waals surface area contributed by atoms with Crippen molar-refractivity contribution in [2.75, 3.05) is 0 Å². The van der Waals surface area contributed by atoms with Crippen LogP contribution in [0.15, 0.2) is 41.4 Å². The summed E-state index contributed by atoms with van der Waals surface area (Å²) in [6, 6.07) is 12.5. The molecule has 3 rings (SSSR count). The molecule has 4 heteroatoms. The molecule has 3 atom stereocenters. The molecule has 1 aromatic carbocycles. The Balaban J connectivity index is 1.62. The van der Waals surface area contributed by atoms with Crippen LogP contribution >= 0.6 is 11.8 Å². The lowest BCUT2D eigenvalue weighted by Crippen LogP contribution is -2.44. The zero-order chi connectivity index (χ0) is 16.2. The number of hydrogen-bond acceptors (Lipinski definition) is 3. The van der Waals surface area contributed by atoms with E-state index in [1.165, 1.54) is 31.0 Å². The van der Waals surface area contributed by atoms with E-state index < -0.39 is 0 Å². The molecule has 0 radical (unpaired) electrons. The highest BCUT2D eigenvalue weighted by molar-refractivity contribution is 8.00. The van der Waals surface area contributed by atoms with Gasteiger partial charge in [-0.2, -0.15) is 0 Å². The molecular weight excluding hydrogens is 304 g/mol. The van der Waals surface area contributed by atoms with Gasteiger partial charge in [-0.25, -0.2) is 4.98 Å². The molecule has 1 aliphatic carbocycles. The molecule has 0 bridgehead atoms. The zero-order valence-corrected chi connectivity index (χ0v) is 14.6. The number of benzene rings is 1. The Morgan fingerprint density at radius 1 is 1.22 bits per heavy atom. The number of carbonyl (C=O) groups is 1. The normalized spacial score (nSPS) is 22.7. The third-order valence-electron chi connectivity index (χ3n) is 4.68. The van der Waals surface area contributed by atoms with Crippen molar-refractivity contribution in [3.63, 3.8) is 0 Å². The number of para-hydroxylation sites is 1. The number of nitrogens with zero attached hydrogens (tertiary/aromatic N) is 1. The first kappa shape index (κ1) is 16.3. The molecule has 1 heterocycles. The summed E-state index contributed by atoms with van der Waals surface area (Å²) in [6.07, 6.45) is 4.85. The zero-order valence-electron chi connectivity index (χ0n) is 13.8. The van der Waals surface area contributed by atoms with Crippen molar-refractivity contribution in [3.8, 4) is 0 Å². The van der Waals surface area contributed by atoms with E-state index in [0.717, 1.165) is 22.3 Å². The predicted octanol–water partition coefficient (Wildman–Crippen LogP) is 4.41. The van der Waals surface area contributed by atoms with Gasteiger partial charge in [0.2, 0.25) is 5.91 Å². The second-order valence-electron chi connectivity index (χ2n) is 6.48. The number of fused-ring (bicyclic) bond motifs is 1. The van der Waals surface area contributed by atoms with Gasteiger partial charge in [0.05, 0.1) is 15.8 Å². The van der Waals surface area contributed by atoms with Crippen LogP contribution in [-0.2, 0) is 4.79 Å². The van der Waals surface area contributed by atoms with E-state index in [1.54, 1.807) is 0 Å². The standard InChI is InChI=1S/C19H24N2OS/c1-13-7-3-5-9-16(13)21-19(22)14(2)23-18-12-11-15-8-4-6-10-17(15)20-18/h4,6,8,10-14,16H,3,5,7,9H2,1-2H3,(H,21,22)/t13-,14+,16+/m1/s1. The van der Waals surface area contributed by atoms with Gasteiger partial charge in [-0.05, 0) is 37.8 Å². The second kappa shape index (κ2) is 7.35. The maximum absolute atomic E-state index is 12.5. The lowest BCUT2D eigenvalue weighted by Gasteiger charge is -2.30. The molecule has 2 aromatic rings. The molecule has 1 N–H and O–H groups in total. The molecule has 23 heavy (non-hydrogen) atoms. The Morgan fingerprint density at radius 3 is 2.83 bits per heavy atom. The lowest BCUT2D eigenvalue weighted by molar-refractivity contribution is -0.121. The number of amides is 1. The Bertz CT molecular complexity index is 688. The summed E-state index contributed by atoms with van der Waals surface area (Å²) >= 11 is 1.53. The quantitative estimate of drug-likeness (QED) is 0.845. The van der Waals surface area contributed by atoms with Gasteiger partial charge >= 0.3 is 0 Å². The summed E-state index contributed by atoms with van der Waals surface area (Å²) in [5.41, 5.74) is 0.978. The van der Waals surface area contributed by atoms with Crippen molar-refractivity contribution < 1.29 is 4.79 Å². The number of pyridine rings is 1. The number of rotatable bonds is 4. The SMILES string of the molecule is C[C@H](Sc1ccc2ccccc2n1)C(=O)N[C@H]1CCCC[C@H]1C. The average molecular weight is 328 g/mol. The molecule has 0 aliphatic heterocycles. The van der Waals surface area contributed by atoms with Crippen molar-refractivity contribution in [1.82, 2.24) is 10.3 Å². The van der Waals surface area contributed by atoms with Crippen LogP contribution in [0.5, 0.6) is 0 Å². The minimum Gasteiger partial charge on any atom is -0.352 e. The molecular formula is C19H24N2OS. The topological polar surface area (TPSA) is 42.0 Å². The molecule has 1 amide bonds. The highest BCUT2D eigenvalue weighted by atomic mass is 32.2. The van der Waals surface area contributed by atoms with Crippen LogP contribution in [0.25, 0.3) is 10.9 Å². The average Bonchev–Trinajstić information content (AvgIpc) is 2.56. The first-order valence-corrected chi connectivity index (χ1v) is 9.34. The van der Waals surface area contributed by atoms with Gasteiger partial charge in [-0.3, -0.25) is 4.79 Å². The van der Waals surface area contributed by atoms with Crippen LogP contribution in [0.2, 0.25) is 0 Å². The highest BCUT2D eigenvalue weighted by Crippen LogP contribution is 2.26. The van der Waals surface area contributed by atoms with Gasteiger partial charge in [-0.1, -0.05) is 55.8 Å². The third kappa shape index (κ3) is 4.05. The largest absolute Gasteiger partial charge is 0.352 e. The van der Waals surface area contributed by atoms with Crippen molar-refractivity contribution in [2.24, 2.45) is 5.92 Å². The number of nitrogens with one attached hydrogen (secondary N) is 1. The van der Waals surface area contributed by atoms with Crippen molar-refractivity contribution >= 4 is 28.6 Å². The van der Waals surface area contributed by atoms with Crippen LogP contribution in [0.3, 0.4) is 0 Å². The van der Waals surface area contributed by atoms with Crippen LogP contribution in [-0.4, -0.2) is 22.2 Å². The molecule has 1 aromatic heterocycles. The Hall–Kier alpha value is -1.55. The van der Waals surface area contributed by atoms with Crippen molar-refractivity contribution in [1.29, 1.82) is 0 Å². The van der Waals surface area contributed by atoms with E-state index in [2.05, 4.69) is 29.4 Å². The molecule has 122 valence electrons. The molecule has 0 spiro atoms. The van der Waals surface area contributed by atoms with Crippen molar-refractivity contribution in [3.05, 3.63) is 36.4 Å². The fourth-order valence-electron chi connectivity index (χ4n) is 3.18. The van der Waals surface area contributed by atoms with Crippen LogP contribution < -0.4 is 5.32 Å². The van der Waals surface area contributed by atoms with Crippen LogP contribution in [0.1, 0.15) is 39.5 Å². The number of hydrogen-bond donors (Lipinski definition) is 1. The van der Waals surface area contributed by atoms with Gasteiger partial charge in [0.15, 0.2) is 0 Å². The summed E-state index contributed by atoms with van der Waals surface area (Å²) in [7, 11) is 0. The van der Waals surface area contributed by atoms with E-state index in [0.29, 0.717) is 12.0 Å². The molecule has 0 unspecified atom stereocenters. The van der Waals surface area contributed by atoms with E-state index >= 15 is 0 Å². The molecule has 0 saturated heterocycles. The van der Waals surface area contributed by atoms with E-state index in [-0.39, 0.29) is 11.2 Å². The lowest BCUT2D eigenvalue weighted by atomic mass is 9.86. The van der Waals surface area contributed by atoms with Gasteiger partial charge < -0.3 is 5.32 Å². The smallest absolute Gasteiger partial charge is 0.233 e. The second-order valence-corrected chi connectivity index (χ2v) is 7.84. The minimum absolute atomic E-state index is 0.127. The maximum Gasteiger partial charge on any atom is 0.233 e. The van der Waals surface area contributed by atoms with E-state index in [1.807, 2.05) is 31.2 Å². The highest BCUT2D eigenvalue weighted by Gasteiger charge is 2.25. The van der Waals surface area contributed by atoms with Gasteiger partial charge in [0.25, 0.3) is 0 Å². The van der Waals surface area contributed by atoms with Crippen LogP contribution in [0, 0.1) is 5.92 Å². The minimum atomic E-state index is -0.127. The first-order valence-electron chi connectivity index (χ1n) is 8.46. The molecule has 1 saturated carbocycles. The van der Waals surface area contributed by atoms with E-state index in [9.17, 15) is 4.79 Å². The summed E-state index contributed by atoms with van der Waals surface area (Å²) in [5.74, 6) is 0.715. The number of thioether (sulfide) groups is 1. The Kier molecular flexibility index (Phi) is 5.21. The fourth-order valence-corrected chi connectivity index (χ4v) is 4.01. The van der Waals surface area contributed by atoms with Crippen molar-refractivity contribution in [2.45, 2.75) is 55.8 Å². The first-order chi connectivity index (χ1) is 11.1. The maximum atomic E-state index is 12.5. The molecule has 1 aliphatic rings. The van der Waals surface area contributed by atoms with Crippen LogP contribution in [0.4, 0.5) is 0 Å². The van der Waals surface area contributed by atoms with E-state index in [4.69, 9.17) is 0 Å². The molecule has 1 fully saturated rings. The van der Waals surface area contributed by atoms with Gasteiger partial charge in [-0.15, -0.1) is 0 Å². The summed E-state index contributed by atoms with van der Waals surface area (Å²) in [5, 5.41) is 5.15. The summed E-state index contributed by atoms with van der Waals surface area (Å²) in [4.78, 5) is 17.1. The number of aromatic nitrogens is 1. The predicted molar refractivity (Wildman–Crippen MR) is 96.6 cm³/mol. The Labute approximate surface area is 142 Å². The van der Waals surface area contributed by atoms with Gasteiger partial charge in [0.1, 0.15) is 0 Å². The molecule has 3 nitrogen and oxygen atoms in total. The fraction of sp³-hybridized carbons (Fsp3) is 0.474. The monoisotopic (exact) mass is 328 g/mol. The third-order valence-corrected chi connectivity index (χ3v) is 5.72.